The Morgan fingerprint density at radius 1 is 1.38 bits per heavy atom. The average molecular weight is 218 g/mol. The molecule has 0 saturated heterocycles. The summed E-state index contributed by atoms with van der Waals surface area (Å²) < 4.78 is 4.08. The smallest absolute Gasteiger partial charge is 0.184 e. The van der Waals surface area contributed by atoms with E-state index in [-0.39, 0.29) is 0 Å². The van der Waals surface area contributed by atoms with Crippen LogP contribution in [0.1, 0.15) is 18.9 Å². The second kappa shape index (κ2) is 3.71. The van der Waals surface area contributed by atoms with Gasteiger partial charge in [0.05, 0.1) is 6.33 Å². The van der Waals surface area contributed by atoms with E-state index < -0.39 is 0 Å². The summed E-state index contributed by atoms with van der Waals surface area (Å²) in [6.45, 7) is 1.40. The molecule has 0 aliphatic heterocycles. The van der Waals surface area contributed by atoms with Crippen molar-refractivity contribution in [1.82, 2.24) is 24.3 Å². The molecule has 2 aromatic rings. The van der Waals surface area contributed by atoms with Gasteiger partial charge in [-0.15, -0.1) is 10.2 Å². The van der Waals surface area contributed by atoms with E-state index in [1.807, 2.05) is 10.8 Å². The first-order valence-corrected chi connectivity index (χ1v) is 5.50. The number of hydrogen-bond donors (Lipinski definition) is 1. The summed E-state index contributed by atoms with van der Waals surface area (Å²) >= 11 is 0. The van der Waals surface area contributed by atoms with Crippen LogP contribution in [0.25, 0.3) is 11.5 Å². The lowest BCUT2D eigenvalue weighted by Gasteiger charge is -2.00. The standard InChI is InChI=1S/C10H14N6/c11-3-4-15-5-9(12-6-15)10-14-13-7-16(10)8-1-2-8/h5-8H,1-4,11H2. The van der Waals surface area contributed by atoms with E-state index >= 15 is 0 Å². The highest BCUT2D eigenvalue weighted by Gasteiger charge is 2.27. The Hall–Kier alpha value is -1.69. The van der Waals surface area contributed by atoms with Crippen molar-refractivity contribution in [2.45, 2.75) is 25.4 Å². The first-order chi connectivity index (χ1) is 7.88. The molecule has 1 aliphatic carbocycles. The van der Waals surface area contributed by atoms with Crippen LogP contribution in [0.15, 0.2) is 18.9 Å². The van der Waals surface area contributed by atoms with Crippen LogP contribution in [0.2, 0.25) is 0 Å². The topological polar surface area (TPSA) is 74.6 Å². The molecule has 0 radical (unpaired) electrons. The van der Waals surface area contributed by atoms with E-state index in [4.69, 9.17) is 5.73 Å². The summed E-state index contributed by atoms with van der Waals surface area (Å²) in [6.07, 6.45) is 7.97. The fraction of sp³-hybridized carbons (Fsp3) is 0.500. The van der Waals surface area contributed by atoms with Crippen molar-refractivity contribution in [3.8, 4) is 11.5 Å². The molecule has 1 fully saturated rings. The van der Waals surface area contributed by atoms with E-state index in [1.54, 1.807) is 12.7 Å². The van der Waals surface area contributed by atoms with Crippen molar-refractivity contribution < 1.29 is 0 Å². The lowest BCUT2D eigenvalue weighted by Crippen LogP contribution is -2.07. The minimum atomic E-state index is 0.574. The molecule has 0 aromatic carbocycles. The van der Waals surface area contributed by atoms with Crippen molar-refractivity contribution in [3.63, 3.8) is 0 Å². The van der Waals surface area contributed by atoms with Crippen molar-refractivity contribution >= 4 is 0 Å². The number of aromatic nitrogens is 5. The van der Waals surface area contributed by atoms with Gasteiger partial charge in [-0.1, -0.05) is 0 Å². The number of imidazole rings is 1. The first-order valence-electron chi connectivity index (χ1n) is 5.50. The van der Waals surface area contributed by atoms with Crippen LogP contribution in [0.4, 0.5) is 0 Å². The summed E-state index contributed by atoms with van der Waals surface area (Å²) in [7, 11) is 0. The Morgan fingerprint density at radius 3 is 3.00 bits per heavy atom. The maximum Gasteiger partial charge on any atom is 0.184 e. The average Bonchev–Trinajstić information content (AvgIpc) is 2.84. The molecule has 0 amide bonds. The molecule has 2 aromatic heterocycles. The van der Waals surface area contributed by atoms with Crippen molar-refractivity contribution in [1.29, 1.82) is 0 Å². The van der Waals surface area contributed by atoms with Gasteiger partial charge < -0.3 is 14.9 Å². The summed E-state index contributed by atoms with van der Waals surface area (Å²) in [4.78, 5) is 4.33. The maximum absolute atomic E-state index is 5.49. The van der Waals surface area contributed by atoms with Gasteiger partial charge in [-0.25, -0.2) is 4.98 Å². The van der Waals surface area contributed by atoms with E-state index in [1.165, 1.54) is 12.8 Å². The van der Waals surface area contributed by atoms with Crippen LogP contribution in [0.5, 0.6) is 0 Å². The van der Waals surface area contributed by atoms with E-state index in [0.29, 0.717) is 12.6 Å². The van der Waals surface area contributed by atoms with Gasteiger partial charge in [0.2, 0.25) is 0 Å². The van der Waals surface area contributed by atoms with Crippen molar-refractivity contribution in [2.24, 2.45) is 5.73 Å². The minimum absolute atomic E-state index is 0.574. The molecule has 0 unspecified atom stereocenters. The second-order valence-corrected chi connectivity index (χ2v) is 4.08. The number of hydrogen-bond acceptors (Lipinski definition) is 4. The largest absolute Gasteiger partial charge is 0.335 e. The van der Waals surface area contributed by atoms with Crippen LogP contribution < -0.4 is 5.73 Å². The second-order valence-electron chi connectivity index (χ2n) is 4.08. The molecule has 3 rings (SSSR count). The van der Waals surface area contributed by atoms with Gasteiger partial charge in [-0.2, -0.15) is 0 Å². The molecular formula is C10H14N6. The lowest BCUT2D eigenvalue weighted by atomic mass is 10.4. The number of nitrogens with two attached hydrogens (primary N) is 1. The third-order valence-electron chi connectivity index (χ3n) is 2.76. The fourth-order valence-corrected chi connectivity index (χ4v) is 1.79. The van der Waals surface area contributed by atoms with Crippen molar-refractivity contribution in [3.05, 3.63) is 18.9 Å². The van der Waals surface area contributed by atoms with Crippen LogP contribution in [-0.4, -0.2) is 30.9 Å². The Morgan fingerprint density at radius 2 is 2.25 bits per heavy atom. The Labute approximate surface area is 93.1 Å². The van der Waals surface area contributed by atoms with Crippen LogP contribution >= 0.6 is 0 Å². The number of rotatable bonds is 4. The molecule has 0 atom stereocenters. The zero-order chi connectivity index (χ0) is 11.0. The zero-order valence-electron chi connectivity index (χ0n) is 8.95. The van der Waals surface area contributed by atoms with Gasteiger partial charge in [0.15, 0.2) is 5.82 Å². The molecule has 0 spiro atoms. The fourth-order valence-electron chi connectivity index (χ4n) is 1.79. The SMILES string of the molecule is NCCn1cnc(-c2nncn2C2CC2)c1. The van der Waals surface area contributed by atoms with E-state index in [0.717, 1.165) is 18.1 Å². The van der Waals surface area contributed by atoms with Crippen molar-refractivity contribution in [2.75, 3.05) is 6.54 Å². The summed E-state index contributed by atoms with van der Waals surface area (Å²) in [5.74, 6) is 0.860. The first kappa shape index (κ1) is 9.53. The van der Waals surface area contributed by atoms with Gasteiger partial charge in [-0.05, 0) is 12.8 Å². The molecule has 2 N–H and O–H groups in total. The molecule has 2 heterocycles. The van der Waals surface area contributed by atoms with E-state index in [9.17, 15) is 0 Å². The maximum atomic E-state index is 5.49. The molecule has 0 bridgehead atoms. The Bertz CT molecular complexity index is 481. The van der Waals surface area contributed by atoms with Gasteiger partial charge in [0.25, 0.3) is 0 Å². The van der Waals surface area contributed by atoms with Gasteiger partial charge in [-0.3, -0.25) is 0 Å². The van der Waals surface area contributed by atoms with Gasteiger partial charge >= 0.3 is 0 Å². The highest BCUT2D eigenvalue weighted by molar-refractivity contribution is 5.47. The minimum Gasteiger partial charge on any atom is -0.335 e. The molecule has 6 nitrogen and oxygen atoms in total. The molecular weight excluding hydrogens is 204 g/mol. The predicted molar refractivity (Wildman–Crippen MR) is 58.6 cm³/mol. The third kappa shape index (κ3) is 1.61. The lowest BCUT2D eigenvalue weighted by molar-refractivity contribution is 0.707. The van der Waals surface area contributed by atoms with Crippen LogP contribution in [-0.2, 0) is 6.54 Å². The molecule has 1 saturated carbocycles. The Balaban J connectivity index is 1.91. The van der Waals surface area contributed by atoms with E-state index in [2.05, 4.69) is 19.7 Å². The highest BCUT2D eigenvalue weighted by atomic mass is 15.3. The summed E-state index contributed by atoms with van der Waals surface area (Å²) in [6, 6.07) is 0.574. The predicted octanol–water partition coefficient (Wildman–Crippen LogP) is 0.435. The quantitative estimate of drug-likeness (QED) is 0.807. The number of nitrogens with zero attached hydrogens (tertiary/aromatic N) is 5. The highest BCUT2D eigenvalue weighted by Crippen LogP contribution is 2.37. The summed E-state index contributed by atoms with van der Waals surface area (Å²) in [5, 5.41) is 8.08. The normalized spacial score (nSPS) is 15.6. The van der Waals surface area contributed by atoms with Crippen LogP contribution in [0, 0.1) is 0 Å². The van der Waals surface area contributed by atoms with Crippen LogP contribution in [0.3, 0.4) is 0 Å². The molecule has 16 heavy (non-hydrogen) atoms. The summed E-state index contributed by atoms with van der Waals surface area (Å²) in [5.41, 5.74) is 6.37. The monoisotopic (exact) mass is 218 g/mol. The Kier molecular flexibility index (Phi) is 2.21. The molecule has 1 aliphatic rings. The van der Waals surface area contributed by atoms with Gasteiger partial charge in [0.1, 0.15) is 12.0 Å². The van der Waals surface area contributed by atoms with Gasteiger partial charge in [0, 0.05) is 25.3 Å². The zero-order valence-corrected chi connectivity index (χ0v) is 8.95. The third-order valence-corrected chi connectivity index (χ3v) is 2.76. The molecule has 6 heteroatoms. The molecule has 84 valence electrons.